The highest BCUT2D eigenvalue weighted by molar-refractivity contribution is 9.10. The molecule has 1 amide bonds. The number of esters is 1. The topological polar surface area (TPSA) is 77.1 Å². The second-order valence-corrected chi connectivity index (χ2v) is 9.48. The second-order valence-electron chi connectivity index (χ2n) is 8.62. The average molecular weight is 553 g/mol. The summed E-state index contributed by atoms with van der Waals surface area (Å²) >= 11 is 3.47. The fourth-order valence-electron chi connectivity index (χ4n) is 4.52. The number of carbonyl (C=O) groups excluding carboxylic acids is 2. The highest BCUT2D eigenvalue weighted by atomic mass is 79.9. The molecule has 0 aromatic heterocycles. The van der Waals surface area contributed by atoms with Gasteiger partial charge in [-0.3, -0.25) is 4.79 Å². The Kier molecular flexibility index (Phi) is 7.91. The Morgan fingerprint density at radius 3 is 2.69 bits per heavy atom. The van der Waals surface area contributed by atoms with E-state index in [0.29, 0.717) is 37.8 Å². The first kappa shape index (κ1) is 25.4. The number of nitrogens with one attached hydrogen (secondary N) is 1. The number of carbonyl (C=O) groups is 2. The molecular formula is C25H27BrF2N2O5. The third-order valence-electron chi connectivity index (χ3n) is 6.30. The van der Waals surface area contributed by atoms with Crippen molar-refractivity contribution in [1.82, 2.24) is 5.32 Å². The zero-order valence-electron chi connectivity index (χ0n) is 19.5. The first-order valence-electron chi connectivity index (χ1n) is 11.4. The first-order chi connectivity index (χ1) is 16.8. The van der Waals surface area contributed by atoms with Crippen molar-refractivity contribution in [2.24, 2.45) is 0 Å². The van der Waals surface area contributed by atoms with E-state index in [4.69, 9.17) is 14.2 Å². The minimum atomic E-state index is -1.14. The highest BCUT2D eigenvalue weighted by Gasteiger charge is 2.29. The van der Waals surface area contributed by atoms with Gasteiger partial charge in [-0.2, -0.15) is 0 Å². The number of morpholine rings is 1. The molecule has 0 bridgehead atoms. The lowest BCUT2D eigenvalue weighted by Crippen LogP contribution is -2.44. The van der Waals surface area contributed by atoms with E-state index in [0.717, 1.165) is 40.6 Å². The first-order valence-corrected chi connectivity index (χ1v) is 12.2. The summed E-state index contributed by atoms with van der Waals surface area (Å²) in [6.45, 7) is 3.85. The zero-order valence-corrected chi connectivity index (χ0v) is 21.1. The van der Waals surface area contributed by atoms with E-state index in [9.17, 15) is 18.4 Å². The summed E-state index contributed by atoms with van der Waals surface area (Å²) in [7, 11) is 1.20. The van der Waals surface area contributed by atoms with Crippen LogP contribution in [0.15, 0.2) is 28.7 Å². The number of rotatable bonds is 6. The van der Waals surface area contributed by atoms with E-state index in [1.807, 2.05) is 17.9 Å². The fourth-order valence-corrected chi connectivity index (χ4v) is 5.01. The van der Waals surface area contributed by atoms with Gasteiger partial charge in [0.05, 0.1) is 31.4 Å². The monoisotopic (exact) mass is 552 g/mol. The number of amides is 1. The van der Waals surface area contributed by atoms with Crippen molar-refractivity contribution >= 4 is 33.5 Å². The Labute approximate surface area is 210 Å². The van der Waals surface area contributed by atoms with E-state index in [1.54, 1.807) is 6.07 Å². The molecule has 1 N–H and O–H groups in total. The predicted molar refractivity (Wildman–Crippen MR) is 129 cm³/mol. The van der Waals surface area contributed by atoms with Crippen LogP contribution in [-0.2, 0) is 27.1 Å². The summed E-state index contributed by atoms with van der Waals surface area (Å²) in [5.74, 6) is -3.05. The molecule has 7 nitrogen and oxygen atoms in total. The minimum Gasteiger partial charge on any atom is -0.492 e. The van der Waals surface area contributed by atoms with Crippen LogP contribution in [0.2, 0.25) is 0 Å². The molecular weight excluding hydrogens is 526 g/mol. The minimum absolute atomic E-state index is 0.0632. The lowest BCUT2D eigenvalue weighted by atomic mass is 9.95. The maximum atomic E-state index is 15.0. The van der Waals surface area contributed by atoms with Gasteiger partial charge < -0.3 is 24.4 Å². The van der Waals surface area contributed by atoms with Crippen LogP contribution in [-0.4, -0.2) is 57.4 Å². The van der Waals surface area contributed by atoms with Gasteiger partial charge in [-0.05, 0) is 65.0 Å². The Bertz CT molecular complexity index is 1110. The number of methoxy groups -OCH3 is 1. The largest absolute Gasteiger partial charge is 0.492 e. The number of benzene rings is 2. The van der Waals surface area contributed by atoms with Crippen LogP contribution in [0.25, 0.3) is 0 Å². The van der Waals surface area contributed by atoms with Crippen LogP contribution >= 0.6 is 15.9 Å². The lowest BCUT2D eigenvalue weighted by Gasteiger charge is -2.35. The molecule has 2 atom stereocenters. The molecule has 1 saturated heterocycles. The van der Waals surface area contributed by atoms with Crippen LogP contribution in [0.4, 0.5) is 14.5 Å². The van der Waals surface area contributed by atoms with Crippen molar-refractivity contribution < 1.29 is 32.6 Å². The summed E-state index contributed by atoms with van der Waals surface area (Å²) in [4.78, 5) is 27.3. The van der Waals surface area contributed by atoms with Crippen molar-refractivity contribution in [3.8, 4) is 5.75 Å². The summed E-state index contributed by atoms with van der Waals surface area (Å²) in [6.07, 6.45) is 1.65. The van der Waals surface area contributed by atoms with E-state index >= 15 is 0 Å². The average Bonchev–Trinajstić information content (AvgIpc) is 2.84. The van der Waals surface area contributed by atoms with Crippen LogP contribution in [0.1, 0.15) is 34.8 Å². The predicted octanol–water partition coefficient (Wildman–Crippen LogP) is 3.79. The molecule has 2 heterocycles. The number of hydrogen-bond acceptors (Lipinski definition) is 6. The quantitative estimate of drug-likeness (QED) is 0.549. The van der Waals surface area contributed by atoms with Gasteiger partial charge in [0.2, 0.25) is 0 Å². The molecule has 10 heteroatoms. The van der Waals surface area contributed by atoms with Gasteiger partial charge in [0.15, 0.2) is 0 Å². The van der Waals surface area contributed by atoms with Crippen LogP contribution < -0.4 is 15.0 Å². The standard InChI is InChI=1S/C25H27BrF2N2O5/c1-14-13-34-9-7-30(14)16-11-19(27)22(20(28)12-16)24(31)29-21(25(32)33-2)10-15-5-6-18(26)23-17(15)4-3-8-35-23/h5-6,11-12,14,21H,3-4,7-10,13H2,1-2H3,(H,29,31)/t14-,21-/m0/s1. The molecule has 2 aliphatic heterocycles. The van der Waals surface area contributed by atoms with Gasteiger partial charge in [-0.25, -0.2) is 13.6 Å². The molecule has 0 unspecified atom stereocenters. The number of fused-ring (bicyclic) bond motifs is 1. The highest BCUT2D eigenvalue weighted by Crippen LogP contribution is 2.36. The van der Waals surface area contributed by atoms with Gasteiger partial charge >= 0.3 is 5.97 Å². The molecule has 4 rings (SSSR count). The molecule has 1 fully saturated rings. The van der Waals surface area contributed by atoms with Crippen molar-refractivity contribution in [3.63, 3.8) is 0 Å². The molecule has 0 saturated carbocycles. The van der Waals surface area contributed by atoms with Crippen LogP contribution in [0.5, 0.6) is 5.75 Å². The number of anilines is 1. The molecule has 2 aliphatic rings. The third kappa shape index (κ3) is 5.43. The Balaban J connectivity index is 1.57. The van der Waals surface area contributed by atoms with Crippen molar-refractivity contribution in [2.75, 3.05) is 38.4 Å². The van der Waals surface area contributed by atoms with Gasteiger partial charge in [-0.1, -0.05) is 6.07 Å². The summed E-state index contributed by atoms with van der Waals surface area (Å²) < 4.78 is 46.7. The smallest absolute Gasteiger partial charge is 0.328 e. The molecule has 0 radical (unpaired) electrons. The second kappa shape index (κ2) is 10.9. The molecule has 35 heavy (non-hydrogen) atoms. The number of hydrogen-bond donors (Lipinski definition) is 1. The molecule has 2 aromatic carbocycles. The normalized spacial score (nSPS) is 18.3. The van der Waals surface area contributed by atoms with Gasteiger partial charge in [0.25, 0.3) is 5.91 Å². The Morgan fingerprint density at radius 2 is 2.00 bits per heavy atom. The fraction of sp³-hybridized carbons (Fsp3) is 0.440. The van der Waals surface area contributed by atoms with Gasteiger partial charge in [0.1, 0.15) is 29.0 Å². The summed E-state index contributed by atoms with van der Waals surface area (Å²) in [6, 6.07) is 4.70. The van der Waals surface area contributed by atoms with Gasteiger partial charge in [-0.15, -0.1) is 0 Å². The SMILES string of the molecule is COC(=O)[C@H](Cc1ccc(Br)c2c1CCCO2)NC(=O)c1c(F)cc(N2CCOC[C@@H]2C)cc1F. The van der Waals surface area contributed by atoms with Crippen molar-refractivity contribution in [3.05, 3.63) is 57.1 Å². The molecule has 2 aromatic rings. The maximum Gasteiger partial charge on any atom is 0.328 e. The third-order valence-corrected chi connectivity index (χ3v) is 6.92. The summed E-state index contributed by atoms with van der Waals surface area (Å²) in [5, 5.41) is 2.46. The van der Waals surface area contributed by atoms with E-state index in [-0.39, 0.29) is 12.5 Å². The number of halogens is 3. The van der Waals surface area contributed by atoms with Crippen molar-refractivity contribution in [1.29, 1.82) is 0 Å². The molecule has 0 spiro atoms. The number of ether oxygens (including phenoxy) is 3. The van der Waals surface area contributed by atoms with E-state index in [1.165, 1.54) is 7.11 Å². The molecule has 188 valence electrons. The van der Waals surface area contributed by atoms with E-state index < -0.39 is 35.1 Å². The lowest BCUT2D eigenvalue weighted by molar-refractivity contribution is -0.142. The van der Waals surface area contributed by atoms with Crippen LogP contribution in [0.3, 0.4) is 0 Å². The number of nitrogens with zero attached hydrogens (tertiary/aromatic N) is 1. The Morgan fingerprint density at radius 1 is 1.26 bits per heavy atom. The summed E-state index contributed by atoms with van der Waals surface area (Å²) in [5.41, 5.74) is 1.30. The molecule has 0 aliphatic carbocycles. The van der Waals surface area contributed by atoms with Crippen molar-refractivity contribution in [2.45, 2.75) is 38.3 Å². The zero-order chi connectivity index (χ0) is 25.1. The van der Waals surface area contributed by atoms with Crippen LogP contribution in [0, 0.1) is 11.6 Å². The van der Waals surface area contributed by atoms with E-state index in [2.05, 4.69) is 21.2 Å². The Hall–Kier alpha value is -2.72. The van der Waals surface area contributed by atoms with Gasteiger partial charge in [0, 0.05) is 24.7 Å². The maximum absolute atomic E-state index is 15.0.